The lowest BCUT2D eigenvalue weighted by atomic mass is 10.2. The monoisotopic (exact) mass is 265 g/mol. The highest BCUT2D eigenvalue weighted by Gasteiger charge is 2.34. The first kappa shape index (κ1) is 11.7. The van der Waals surface area contributed by atoms with Crippen LogP contribution in [0.5, 0.6) is 0 Å². The molecule has 0 amide bonds. The fraction of sp³-hybridized carbons (Fsp3) is 0.417. The van der Waals surface area contributed by atoms with Crippen LogP contribution in [0, 0.1) is 0 Å². The maximum absolute atomic E-state index is 11.9. The smallest absolute Gasteiger partial charge is 0.158 e. The van der Waals surface area contributed by atoms with Gasteiger partial charge in [-0.15, -0.1) is 0 Å². The van der Waals surface area contributed by atoms with Crippen molar-refractivity contribution in [3.05, 3.63) is 35.8 Å². The van der Waals surface area contributed by atoms with Crippen molar-refractivity contribution in [3.63, 3.8) is 0 Å². The van der Waals surface area contributed by atoms with E-state index in [0.29, 0.717) is 18.7 Å². The number of imidazole rings is 1. The van der Waals surface area contributed by atoms with E-state index in [1.165, 1.54) is 0 Å². The van der Waals surface area contributed by atoms with Gasteiger partial charge in [0.2, 0.25) is 0 Å². The number of nitrogens with two attached hydrogens (primary N) is 1. The van der Waals surface area contributed by atoms with E-state index in [9.17, 15) is 8.42 Å². The molecular weight excluding hydrogens is 250 g/mol. The Balaban J connectivity index is 2.14. The van der Waals surface area contributed by atoms with Crippen LogP contribution in [-0.4, -0.2) is 23.6 Å². The standard InChI is InChI=1S/C12H15N3O2S/c13-7-9-3-1-5-12-14-10(8-15(9)12)11-4-2-6-18(11,16)17/h1,3,5,8,11H,2,4,6-7,13H2. The molecule has 2 aromatic heterocycles. The Kier molecular flexibility index (Phi) is 2.64. The zero-order chi connectivity index (χ0) is 12.8. The van der Waals surface area contributed by atoms with Gasteiger partial charge in [-0.1, -0.05) is 6.07 Å². The summed E-state index contributed by atoms with van der Waals surface area (Å²) in [6.45, 7) is 0.407. The lowest BCUT2D eigenvalue weighted by molar-refractivity contribution is 0.591. The summed E-state index contributed by atoms with van der Waals surface area (Å²) in [5.41, 5.74) is 8.00. The van der Waals surface area contributed by atoms with Gasteiger partial charge in [0.05, 0.1) is 11.4 Å². The zero-order valence-electron chi connectivity index (χ0n) is 9.91. The third kappa shape index (κ3) is 1.72. The molecule has 2 aromatic rings. The first-order chi connectivity index (χ1) is 8.62. The van der Waals surface area contributed by atoms with Gasteiger partial charge in [-0.25, -0.2) is 13.4 Å². The molecule has 5 nitrogen and oxygen atoms in total. The van der Waals surface area contributed by atoms with Crippen LogP contribution >= 0.6 is 0 Å². The summed E-state index contributed by atoms with van der Waals surface area (Å²) < 4.78 is 25.7. The highest BCUT2D eigenvalue weighted by Crippen LogP contribution is 2.34. The van der Waals surface area contributed by atoms with Crippen molar-refractivity contribution in [1.29, 1.82) is 0 Å². The molecule has 96 valence electrons. The fourth-order valence-corrected chi connectivity index (χ4v) is 4.39. The van der Waals surface area contributed by atoms with Crippen molar-refractivity contribution in [1.82, 2.24) is 9.38 Å². The van der Waals surface area contributed by atoms with Gasteiger partial charge in [0.1, 0.15) is 10.9 Å². The Morgan fingerprint density at radius 3 is 2.94 bits per heavy atom. The second-order valence-electron chi connectivity index (χ2n) is 4.61. The lowest BCUT2D eigenvalue weighted by Gasteiger charge is -2.04. The number of hydrogen-bond acceptors (Lipinski definition) is 4. The first-order valence-electron chi connectivity index (χ1n) is 6.00. The predicted molar refractivity (Wildman–Crippen MR) is 68.8 cm³/mol. The SMILES string of the molecule is NCc1cccc2nc(C3CCCS3(=O)=O)cn12. The number of fused-ring (bicyclic) bond motifs is 1. The van der Waals surface area contributed by atoms with Crippen LogP contribution in [0.2, 0.25) is 0 Å². The molecule has 0 saturated carbocycles. The third-order valence-electron chi connectivity index (χ3n) is 3.46. The average molecular weight is 265 g/mol. The van der Waals surface area contributed by atoms with Gasteiger partial charge in [0.15, 0.2) is 9.84 Å². The second-order valence-corrected chi connectivity index (χ2v) is 6.92. The molecule has 0 spiro atoms. The van der Waals surface area contributed by atoms with E-state index >= 15 is 0 Å². The summed E-state index contributed by atoms with van der Waals surface area (Å²) >= 11 is 0. The minimum absolute atomic E-state index is 0.273. The lowest BCUT2D eigenvalue weighted by Crippen LogP contribution is -2.08. The van der Waals surface area contributed by atoms with E-state index in [2.05, 4.69) is 4.98 Å². The van der Waals surface area contributed by atoms with Gasteiger partial charge in [0, 0.05) is 18.4 Å². The van der Waals surface area contributed by atoms with E-state index < -0.39 is 15.1 Å². The predicted octanol–water partition coefficient (Wildman–Crippen LogP) is 1.04. The Morgan fingerprint density at radius 1 is 1.44 bits per heavy atom. The number of rotatable bonds is 2. The highest BCUT2D eigenvalue weighted by molar-refractivity contribution is 7.91. The molecule has 2 N–H and O–H groups in total. The van der Waals surface area contributed by atoms with Gasteiger partial charge >= 0.3 is 0 Å². The highest BCUT2D eigenvalue weighted by atomic mass is 32.2. The van der Waals surface area contributed by atoms with Crippen LogP contribution in [0.4, 0.5) is 0 Å². The Morgan fingerprint density at radius 2 is 2.28 bits per heavy atom. The Labute approximate surface area is 106 Å². The quantitative estimate of drug-likeness (QED) is 0.880. The topological polar surface area (TPSA) is 77.5 Å². The summed E-state index contributed by atoms with van der Waals surface area (Å²) in [7, 11) is -3.01. The van der Waals surface area contributed by atoms with Crippen LogP contribution in [0.1, 0.15) is 29.5 Å². The number of sulfone groups is 1. The molecule has 1 atom stereocenters. The van der Waals surface area contributed by atoms with Crippen LogP contribution in [0.15, 0.2) is 24.4 Å². The van der Waals surface area contributed by atoms with Crippen LogP contribution in [0.3, 0.4) is 0 Å². The second kappa shape index (κ2) is 4.07. The molecule has 0 bridgehead atoms. The van der Waals surface area contributed by atoms with Crippen molar-refractivity contribution >= 4 is 15.5 Å². The molecule has 1 unspecified atom stereocenters. The van der Waals surface area contributed by atoms with Crippen molar-refractivity contribution in [3.8, 4) is 0 Å². The van der Waals surface area contributed by atoms with Gasteiger partial charge in [-0.05, 0) is 25.0 Å². The maximum atomic E-state index is 11.9. The van der Waals surface area contributed by atoms with Crippen molar-refractivity contribution in [2.45, 2.75) is 24.6 Å². The minimum Gasteiger partial charge on any atom is -0.325 e. The molecule has 1 aliphatic rings. The number of aromatic nitrogens is 2. The Bertz CT molecular complexity index is 690. The van der Waals surface area contributed by atoms with Gasteiger partial charge in [0.25, 0.3) is 0 Å². The molecule has 1 fully saturated rings. The fourth-order valence-electron chi connectivity index (χ4n) is 2.53. The normalized spacial score (nSPS) is 22.6. The molecule has 0 radical (unpaired) electrons. The molecule has 6 heteroatoms. The van der Waals surface area contributed by atoms with Crippen molar-refractivity contribution < 1.29 is 8.42 Å². The van der Waals surface area contributed by atoms with Crippen molar-refractivity contribution in [2.24, 2.45) is 5.73 Å². The largest absolute Gasteiger partial charge is 0.325 e. The van der Waals surface area contributed by atoms with Gasteiger partial charge in [-0.2, -0.15) is 0 Å². The minimum atomic E-state index is -3.01. The van der Waals surface area contributed by atoms with E-state index in [0.717, 1.165) is 17.8 Å². The van der Waals surface area contributed by atoms with Gasteiger partial charge in [-0.3, -0.25) is 0 Å². The summed E-state index contributed by atoms with van der Waals surface area (Å²) in [6.07, 6.45) is 3.21. The van der Waals surface area contributed by atoms with E-state index in [4.69, 9.17) is 5.73 Å². The van der Waals surface area contributed by atoms with Crippen LogP contribution < -0.4 is 5.73 Å². The first-order valence-corrected chi connectivity index (χ1v) is 7.72. The maximum Gasteiger partial charge on any atom is 0.158 e. The summed E-state index contributed by atoms with van der Waals surface area (Å²) in [5, 5.41) is -0.442. The molecule has 18 heavy (non-hydrogen) atoms. The molecule has 0 aliphatic carbocycles. The van der Waals surface area contributed by atoms with E-state index in [-0.39, 0.29) is 5.75 Å². The number of pyridine rings is 1. The molecular formula is C12H15N3O2S. The van der Waals surface area contributed by atoms with Crippen molar-refractivity contribution in [2.75, 3.05) is 5.75 Å². The Hall–Kier alpha value is -1.40. The molecule has 1 saturated heterocycles. The molecule has 0 aromatic carbocycles. The molecule has 1 aliphatic heterocycles. The molecule has 3 rings (SSSR count). The summed E-state index contributed by atoms with van der Waals surface area (Å²) in [5.74, 6) is 0.273. The van der Waals surface area contributed by atoms with Gasteiger partial charge < -0.3 is 10.1 Å². The third-order valence-corrected chi connectivity index (χ3v) is 5.66. The number of nitrogens with zero attached hydrogens (tertiary/aromatic N) is 2. The van der Waals surface area contributed by atoms with Crippen LogP contribution in [0.25, 0.3) is 5.65 Å². The zero-order valence-corrected chi connectivity index (χ0v) is 10.7. The summed E-state index contributed by atoms with van der Waals surface area (Å²) in [6, 6.07) is 5.67. The molecule has 3 heterocycles. The van der Waals surface area contributed by atoms with Crippen LogP contribution in [-0.2, 0) is 16.4 Å². The van der Waals surface area contributed by atoms with E-state index in [1.807, 2.05) is 28.8 Å². The number of hydrogen-bond donors (Lipinski definition) is 1. The summed E-state index contributed by atoms with van der Waals surface area (Å²) in [4.78, 5) is 4.43. The van der Waals surface area contributed by atoms with E-state index in [1.54, 1.807) is 0 Å². The average Bonchev–Trinajstić information content (AvgIpc) is 2.90.